The topological polar surface area (TPSA) is 48.1 Å². The molecule has 0 spiro atoms. The molecule has 1 heterocycles. The molecule has 0 radical (unpaired) electrons. The van der Waals surface area contributed by atoms with E-state index in [9.17, 15) is 0 Å². The van der Waals surface area contributed by atoms with E-state index in [1.165, 1.54) is 5.56 Å². The molecule has 1 rings (SSSR count). The molecule has 0 aliphatic heterocycles. The number of methoxy groups -OCH3 is 1. The van der Waals surface area contributed by atoms with Crippen LogP contribution in [0.5, 0.6) is 0 Å². The number of hydrogen-bond acceptors (Lipinski definition) is 3. The van der Waals surface area contributed by atoms with Gasteiger partial charge >= 0.3 is 0 Å². The third kappa shape index (κ3) is 3.61. The molecular formula is C12H20N2O. The van der Waals surface area contributed by atoms with Gasteiger partial charge in [-0.05, 0) is 37.0 Å². The zero-order valence-corrected chi connectivity index (χ0v) is 9.73. The van der Waals surface area contributed by atoms with Crippen molar-refractivity contribution < 1.29 is 4.74 Å². The Hall–Kier alpha value is -0.930. The van der Waals surface area contributed by atoms with Crippen molar-refractivity contribution >= 4 is 0 Å². The van der Waals surface area contributed by atoms with Crippen molar-refractivity contribution in [2.24, 2.45) is 11.7 Å². The number of pyridine rings is 1. The first-order chi connectivity index (χ1) is 7.15. The van der Waals surface area contributed by atoms with Gasteiger partial charge in [-0.15, -0.1) is 0 Å². The SMILES string of the molecule is COCCC(C)C(N)c1cc(C)ccn1. The van der Waals surface area contributed by atoms with Gasteiger partial charge in [-0.3, -0.25) is 4.98 Å². The Bertz CT molecular complexity index is 301. The minimum Gasteiger partial charge on any atom is -0.385 e. The van der Waals surface area contributed by atoms with Crippen molar-refractivity contribution in [1.29, 1.82) is 0 Å². The Morgan fingerprint density at radius 2 is 2.27 bits per heavy atom. The minimum absolute atomic E-state index is 0.0000463. The summed E-state index contributed by atoms with van der Waals surface area (Å²) in [6.45, 7) is 4.94. The van der Waals surface area contributed by atoms with Crippen molar-refractivity contribution in [3.05, 3.63) is 29.6 Å². The maximum atomic E-state index is 6.13. The largest absolute Gasteiger partial charge is 0.385 e. The van der Waals surface area contributed by atoms with Crippen molar-refractivity contribution in [2.45, 2.75) is 26.3 Å². The van der Waals surface area contributed by atoms with Crippen molar-refractivity contribution in [2.75, 3.05) is 13.7 Å². The lowest BCUT2D eigenvalue weighted by Gasteiger charge is -2.19. The van der Waals surface area contributed by atoms with Crippen LogP contribution in [0.4, 0.5) is 0 Å². The third-order valence-corrected chi connectivity index (χ3v) is 2.67. The number of aryl methyl sites for hydroxylation is 1. The maximum absolute atomic E-state index is 6.13. The molecule has 15 heavy (non-hydrogen) atoms. The molecule has 0 amide bonds. The van der Waals surface area contributed by atoms with Crippen LogP contribution in [0.25, 0.3) is 0 Å². The Morgan fingerprint density at radius 1 is 1.53 bits per heavy atom. The number of aromatic nitrogens is 1. The van der Waals surface area contributed by atoms with Crippen LogP contribution in [0.3, 0.4) is 0 Å². The average Bonchev–Trinajstić information content (AvgIpc) is 2.24. The van der Waals surface area contributed by atoms with E-state index < -0.39 is 0 Å². The molecule has 1 aromatic heterocycles. The summed E-state index contributed by atoms with van der Waals surface area (Å²) in [4.78, 5) is 4.30. The summed E-state index contributed by atoms with van der Waals surface area (Å²) in [7, 11) is 1.71. The second kappa shape index (κ2) is 5.83. The van der Waals surface area contributed by atoms with Gasteiger partial charge in [0, 0.05) is 26.0 Å². The molecule has 0 saturated carbocycles. The Labute approximate surface area is 91.7 Å². The van der Waals surface area contributed by atoms with Crippen LogP contribution < -0.4 is 5.73 Å². The summed E-state index contributed by atoms with van der Waals surface area (Å²) in [6, 6.07) is 4.03. The summed E-state index contributed by atoms with van der Waals surface area (Å²) < 4.78 is 5.05. The van der Waals surface area contributed by atoms with E-state index in [4.69, 9.17) is 10.5 Å². The van der Waals surface area contributed by atoms with Gasteiger partial charge in [-0.2, -0.15) is 0 Å². The number of nitrogens with two attached hydrogens (primary N) is 1. The van der Waals surface area contributed by atoms with E-state index in [1.54, 1.807) is 7.11 Å². The van der Waals surface area contributed by atoms with Crippen LogP contribution in [0.1, 0.15) is 30.6 Å². The van der Waals surface area contributed by atoms with E-state index in [0.29, 0.717) is 5.92 Å². The van der Waals surface area contributed by atoms with Crippen molar-refractivity contribution in [3.8, 4) is 0 Å². The molecule has 2 N–H and O–H groups in total. The van der Waals surface area contributed by atoms with Gasteiger partial charge in [-0.25, -0.2) is 0 Å². The molecule has 2 unspecified atom stereocenters. The molecule has 3 nitrogen and oxygen atoms in total. The monoisotopic (exact) mass is 208 g/mol. The minimum atomic E-state index is 0.0000463. The van der Waals surface area contributed by atoms with Crippen LogP contribution in [0, 0.1) is 12.8 Å². The standard InChI is InChI=1S/C12H20N2O/c1-9-4-6-14-11(8-9)12(13)10(2)5-7-15-3/h4,6,8,10,12H,5,7,13H2,1-3H3. The first-order valence-electron chi connectivity index (χ1n) is 5.32. The lowest BCUT2D eigenvalue weighted by Crippen LogP contribution is -2.21. The number of ether oxygens (including phenoxy) is 1. The Kier molecular flexibility index (Phi) is 4.72. The number of nitrogens with zero attached hydrogens (tertiary/aromatic N) is 1. The van der Waals surface area contributed by atoms with Gasteiger partial charge < -0.3 is 10.5 Å². The zero-order chi connectivity index (χ0) is 11.3. The number of hydrogen-bond donors (Lipinski definition) is 1. The lowest BCUT2D eigenvalue weighted by molar-refractivity contribution is 0.174. The molecular weight excluding hydrogens is 188 g/mol. The molecule has 1 aromatic rings. The van der Waals surface area contributed by atoms with Crippen LogP contribution in [-0.4, -0.2) is 18.7 Å². The highest BCUT2D eigenvalue weighted by Gasteiger charge is 2.15. The van der Waals surface area contributed by atoms with E-state index in [2.05, 4.69) is 18.8 Å². The fourth-order valence-corrected chi connectivity index (χ4v) is 1.52. The summed E-state index contributed by atoms with van der Waals surface area (Å²) in [5.74, 6) is 0.388. The van der Waals surface area contributed by atoms with Gasteiger partial charge in [0.2, 0.25) is 0 Å². The smallest absolute Gasteiger partial charge is 0.0576 e. The molecule has 0 aliphatic rings. The van der Waals surface area contributed by atoms with Crippen LogP contribution in [0.15, 0.2) is 18.3 Å². The maximum Gasteiger partial charge on any atom is 0.0576 e. The predicted octanol–water partition coefficient (Wildman–Crippen LogP) is 2.06. The highest BCUT2D eigenvalue weighted by Crippen LogP contribution is 2.20. The quantitative estimate of drug-likeness (QED) is 0.805. The summed E-state index contributed by atoms with van der Waals surface area (Å²) >= 11 is 0. The third-order valence-electron chi connectivity index (χ3n) is 2.67. The first-order valence-corrected chi connectivity index (χ1v) is 5.32. The summed E-state index contributed by atoms with van der Waals surface area (Å²) in [5, 5.41) is 0. The van der Waals surface area contributed by atoms with Crippen LogP contribution in [0.2, 0.25) is 0 Å². The molecule has 0 aromatic carbocycles. The Morgan fingerprint density at radius 3 is 2.87 bits per heavy atom. The molecule has 84 valence electrons. The molecule has 2 atom stereocenters. The van der Waals surface area contributed by atoms with Gasteiger partial charge in [0.1, 0.15) is 0 Å². The molecule has 0 fully saturated rings. The van der Waals surface area contributed by atoms with Gasteiger partial charge in [0.05, 0.1) is 5.69 Å². The highest BCUT2D eigenvalue weighted by atomic mass is 16.5. The van der Waals surface area contributed by atoms with E-state index in [1.807, 2.05) is 18.3 Å². The second-order valence-electron chi connectivity index (χ2n) is 4.04. The molecule has 3 heteroatoms. The van der Waals surface area contributed by atoms with Crippen LogP contribution in [-0.2, 0) is 4.74 Å². The predicted molar refractivity (Wildman–Crippen MR) is 61.6 cm³/mol. The van der Waals surface area contributed by atoms with Gasteiger partial charge in [-0.1, -0.05) is 6.92 Å². The van der Waals surface area contributed by atoms with E-state index >= 15 is 0 Å². The van der Waals surface area contributed by atoms with Gasteiger partial charge in [0.25, 0.3) is 0 Å². The Balaban J connectivity index is 2.62. The van der Waals surface area contributed by atoms with Gasteiger partial charge in [0.15, 0.2) is 0 Å². The highest BCUT2D eigenvalue weighted by molar-refractivity contribution is 5.17. The fraction of sp³-hybridized carbons (Fsp3) is 0.583. The summed E-state index contributed by atoms with van der Waals surface area (Å²) in [6.07, 6.45) is 2.78. The van der Waals surface area contributed by atoms with E-state index in [-0.39, 0.29) is 6.04 Å². The average molecular weight is 208 g/mol. The molecule has 0 bridgehead atoms. The zero-order valence-electron chi connectivity index (χ0n) is 9.73. The molecule has 0 saturated heterocycles. The van der Waals surface area contributed by atoms with Crippen molar-refractivity contribution in [3.63, 3.8) is 0 Å². The lowest BCUT2D eigenvalue weighted by atomic mass is 9.96. The number of rotatable bonds is 5. The van der Waals surface area contributed by atoms with Crippen molar-refractivity contribution in [1.82, 2.24) is 4.98 Å². The molecule has 0 aliphatic carbocycles. The first kappa shape index (κ1) is 12.1. The fourth-order valence-electron chi connectivity index (χ4n) is 1.52. The van der Waals surface area contributed by atoms with Crippen LogP contribution >= 0.6 is 0 Å². The normalized spacial score (nSPS) is 14.9. The summed E-state index contributed by atoms with van der Waals surface area (Å²) in [5.41, 5.74) is 8.30. The van der Waals surface area contributed by atoms with E-state index in [0.717, 1.165) is 18.7 Å². The second-order valence-corrected chi connectivity index (χ2v) is 4.04.